The SMILES string of the molecule is CN1CCCn2c(-c3cc(F)ccc3F)nc(C(=O)N[C@H](C(=O)N3CCOCC3)C(C)(C)C)c2C1. The van der Waals surface area contributed by atoms with Gasteiger partial charge in [0.05, 0.1) is 24.5 Å². The van der Waals surface area contributed by atoms with E-state index in [0.29, 0.717) is 45.1 Å². The van der Waals surface area contributed by atoms with Gasteiger partial charge in [0, 0.05) is 26.2 Å². The highest BCUT2D eigenvalue weighted by Crippen LogP contribution is 2.29. The van der Waals surface area contributed by atoms with Crippen LogP contribution in [0, 0.1) is 17.0 Å². The summed E-state index contributed by atoms with van der Waals surface area (Å²) in [4.78, 5) is 35.2. The fraction of sp³-hybridized carbons (Fsp3) is 0.560. The fourth-order valence-electron chi connectivity index (χ4n) is 4.59. The summed E-state index contributed by atoms with van der Waals surface area (Å²) in [5, 5.41) is 2.91. The van der Waals surface area contributed by atoms with Gasteiger partial charge in [0.1, 0.15) is 23.5 Å². The van der Waals surface area contributed by atoms with Gasteiger partial charge in [0.15, 0.2) is 5.69 Å². The van der Waals surface area contributed by atoms with Crippen LogP contribution in [-0.4, -0.2) is 77.1 Å². The third-order valence-electron chi connectivity index (χ3n) is 6.51. The maximum Gasteiger partial charge on any atom is 0.272 e. The molecular formula is C25H33F2N5O3. The van der Waals surface area contributed by atoms with Crippen molar-refractivity contribution in [1.82, 2.24) is 24.7 Å². The highest BCUT2D eigenvalue weighted by molar-refractivity contribution is 5.98. The maximum absolute atomic E-state index is 14.7. The molecule has 0 radical (unpaired) electrons. The van der Waals surface area contributed by atoms with E-state index in [2.05, 4.69) is 15.2 Å². The topological polar surface area (TPSA) is 79.7 Å². The molecule has 2 aliphatic heterocycles. The summed E-state index contributed by atoms with van der Waals surface area (Å²) in [5.41, 5.74) is 0.191. The number of imidazole rings is 1. The van der Waals surface area contributed by atoms with Crippen LogP contribution in [0.3, 0.4) is 0 Å². The Morgan fingerprint density at radius 2 is 1.83 bits per heavy atom. The summed E-state index contributed by atoms with van der Waals surface area (Å²) in [6.45, 7) is 9.25. The third-order valence-corrected chi connectivity index (χ3v) is 6.51. The van der Waals surface area contributed by atoms with Crippen molar-refractivity contribution in [3.8, 4) is 11.4 Å². The molecule has 4 rings (SSSR count). The summed E-state index contributed by atoms with van der Waals surface area (Å²) < 4.78 is 35.9. The quantitative estimate of drug-likeness (QED) is 0.715. The fourth-order valence-corrected chi connectivity index (χ4v) is 4.59. The largest absolute Gasteiger partial charge is 0.378 e. The van der Waals surface area contributed by atoms with E-state index in [1.165, 1.54) is 0 Å². The molecule has 0 saturated carbocycles. The monoisotopic (exact) mass is 489 g/mol. The molecule has 35 heavy (non-hydrogen) atoms. The Morgan fingerprint density at radius 1 is 1.11 bits per heavy atom. The molecule has 1 atom stereocenters. The zero-order valence-corrected chi connectivity index (χ0v) is 20.7. The summed E-state index contributed by atoms with van der Waals surface area (Å²) >= 11 is 0. The van der Waals surface area contributed by atoms with Crippen LogP contribution in [0.25, 0.3) is 11.4 Å². The van der Waals surface area contributed by atoms with Crippen LogP contribution in [0.1, 0.15) is 43.4 Å². The van der Waals surface area contributed by atoms with Crippen LogP contribution in [0.5, 0.6) is 0 Å². The van der Waals surface area contributed by atoms with Crippen LogP contribution in [-0.2, 0) is 22.6 Å². The Bertz CT molecular complexity index is 1110. The van der Waals surface area contributed by atoms with E-state index in [-0.39, 0.29) is 23.0 Å². The number of aromatic nitrogens is 2. The van der Waals surface area contributed by atoms with Crippen molar-refractivity contribution >= 4 is 11.8 Å². The number of fused-ring (bicyclic) bond motifs is 1. The molecule has 1 fully saturated rings. The summed E-state index contributed by atoms with van der Waals surface area (Å²) in [7, 11) is 1.94. The van der Waals surface area contributed by atoms with Crippen molar-refractivity contribution in [1.29, 1.82) is 0 Å². The third kappa shape index (κ3) is 5.38. The molecule has 0 bridgehead atoms. The van der Waals surface area contributed by atoms with Crippen molar-refractivity contribution in [2.75, 3.05) is 39.9 Å². The zero-order chi connectivity index (χ0) is 25.3. The molecule has 1 N–H and O–H groups in total. The van der Waals surface area contributed by atoms with Crippen LogP contribution in [0.4, 0.5) is 8.78 Å². The number of hydrogen-bond donors (Lipinski definition) is 1. The maximum atomic E-state index is 14.7. The van der Waals surface area contributed by atoms with Gasteiger partial charge in [-0.2, -0.15) is 0 Å². The smallest absolute Gasteiger partial charge is 0.272 e. The summed E-state index contributed by atoms with van der Waals surface area (Å²) in [6, 6.07) is 2.42. The number of amides is 2. The molecule has 190 valence electrons. The second-order valence-electron chi connectivity index (χ2n) is 10.3. The molecule has 0 spiro atoms. The molecule has 0 aliphatic carbocycles. The minimum absolute atomic E-state index is 0.00613. The first-order valence-electron chi connectivity index (χ1n) is 12.0. The second-order valence-corrected chi connectivity index (χ2v) is 10.3. The van der Waals surface area contributed by atoms with Crippen LogP contribution in [0.15, 0.2) is 18.2 Å². The molecule has 0 unspecified atom stereocenters. The molecule has 2 amide bonds. The normalized spacial score (nSPS) is 18.1. The van der Waals surface area contributed by atoms with Crippen LogP contribution < -0.4 is 5.32 Å². The summed E-state index contributed by atoms with van der Waals surface area (Å²) in [6.07, 6.45) is 0.769. The number of morpholine rings is 1. The Balaban J connectivity index is 1.72. The van der Waals surface area contributed by atoms with E-state index < -0.39 is 29.0 Å². The number of ether oxygens (including phenoxy) is 1. The molecule has 10 heteroatoms. The van der Waals surface area contributed by atoms with E-state index in [0.717, 1.165) is 31.2 Å². The molecule has 8 nitrogen and oxygen atoms in total. The van der Waals surface area contributed by atoms with Crippen LogP contribution >= 0.6 is 0 Å². The number of halogens is 2. The molecule has 2 aliphatic rings. The van der Waals surface area contributed by atoms with Crippen LogP contribution in [0.2, 0.25) is 0 Å². The van der Waals surface area contributed by atoms with Gasteiger partial charge in [-0.1, -0.05) is 20.8 Å². The Labute approximate surface area is 204 Å². The average molecular weight is 490 g/mol. The number of carbonyl (C=O) groups excluding carboxylic acids is 2. The Hall–Kier alpha value is -2.85. The zero-order valence-electron chi connectivity index (χ0n) is 20.7. The van der Waals surface area contributed by atoms with E-state index in [9.17, 15) is 18.4 Å². The minimum Gasteiger partial charge on any atom is -0.378 e. The molecule has 1 aromatic carbocycles. The molecule has 1 saturated heterocycles. The lowest BCUT2D eigenvalue weighted by Crippen LogP contribution is -2.56. The van der Waals surface area contributed by atoms with E-state index in [1.54, 1.807) is 9.47 Å². The first-order valence-corrected chi connectivity index (χ1v) is 12.0. The number of nitrogens with one attached hydrogen (secondary N) is 1. The van der Waals surface area contributed by atoms with Crippen molar-refractivity contribution in [2.45, 2.75) is 46.3 Å². The minimum atomic E-state index is -0.789. The number of carbonyl (C=O) groups is 2. The predicted octanol–water partition coefficient (Wildman–Crippen LogP) is 2.67. The Kier molecular flexibility index (Phi) is 7.23. The molecule has 3 heterocycles. The number of benzene rings is 1. The Morgan fingerprint density at radius 3 is 2.51 bits per heavy atom. The number of nitrogens with zero attached hydrogens (tertiary/aromatic N) is 4. The average Bonchev–Trinajstić information content (AvgIpc) is 3.04. The van der Waals surface area contributed by atoms with Gasteiger partial charge >= 0.3 is 0 Å². The molecular weight excluding hydrogens is 456 g/mol. The van der Waals surface area contributed by atoms with Gasteiger partial charge in [-0.3, -0.25) is 9.59 Å². The standard InChI is InChI=1S/C25H33F2N5O3/c1-25(2,3)21(24(34)31-10-12-35-13-11-31)29-23(33)20-19-15-30(4)8-5-9-32(19)22(28-20)17-14-16(26)6-7-18(17)27/h6-7,14,21H,5,8-13,15H2,1-4H3,(H,29,33)/t21-/m1/s1. The number of hydrogen-bond acceptors (Lipinski definition) is 5. The van der Waals surface area contributed by atoms with Gasteiger partial charge in [-0.25, -0.2) is 13.8 Å². The van der Waals surface area contributed by atoms with E-state index in [4.69, 9.17) is 4.74 Å². The number of rotatable bonds is 4. The van der Waals surface area contributed by atoms with Gasteiger partial charge in [-0.15, -0.1) is 0 Å². The first-order chi connectivity index (χ1) is 16.6. The molecule has 2 aromatic rings. The van der Waals surface area contributed by atoms with Crippen molar-refractivity contribution in [3.63, 3.8) is 0 Å². The molecule has 1 aromatic heterocycles. The van der Waals surface area contributed by atoms with Crippen molar-refractivity contribution < 1.29 is 23.1 Å². The highest BCUT2D eigenvalue weighted by Gasteiger charge is 2.38. The lowest BCUT2D eigenvalue weighted by atomic mass is 9.85. The van der Waals surface area contributed by atoms with Gasteiger partial charge in [-0.05, 0) is 43.6 Å². The van der Waals surface area contributed by atoms with Gasteiger partial charge in [0.2, 0.25) is 5.91 Å². The van der Waals surface area contributed by atoms with Crippen molar-refractivity contribution in [3.05, 3.63) is 41.2 Å². The lowest BCUT2D eigenvalue weighted by Gasteiger charge is -2.36. The summed E-state index contributed by atoms with van der Waals surface area (Å²) in [5.74, 6) is -1.66. The van der Waals surface area contributed by atoms with Gasteiger partial charge in [0.25, 0.3) is 5.91 Å². The second kappa shape index (κ2) is 10.0. The van der Waals surface area contributed by atoms with Gasteiger partial charge < -0.3 is 24.4 Å². The van der Waals surface area contributed by atoms with E-state index in [1.807, 2.05) is 27.8 Å². The highest BCUT2D eigenvalue weighted by atomic mass is 19.1. The predicted molar refractivity (Wildman–Crippen MR) is 127 cm³/mol. The first kappa shape index (κ1) is 25.2. The van der Waals surface area contributed by atoms with Crippen molar-refractivity contribution in [2.24, 2.45) is 5.41 Å². The van der Waals surface area contributed by atoms with E-state index >= 15 is 0 Å². The lowest BCUT2D eigenvalue weighted by molar-refractivity contribution is -0.139.